The lowest BCUT2D eigenvalue weighted by atomic mass is 10.0. The van der Waals surface area contributed by atoms with Crippen molar-refractivity contribution >= 4 is 17.9 Å². The van der Waals surface area contributed by atoms with Crippen LogP contribution in [0.3, 0.4) is 0 Å². The zero-order valence-electron chi connectivity index (χ0n) is 52.3. The molecule has 0 fully saturated rings. The number of rotatable bonds is 60. The first kappa shape index (κ1) is 75.8. The van der Waals surface area contributed by atoms with Crippen LogP contribution in [0.4, 0.5) is 0 Å². The summed E-state index contributed by atoms with van der Waals surface area (Å²) in [4.78, 5) is 38.3. The van der Waals surface area contributed by atoms with E-state index in [-0.39, 0.29) is 31.1 Å². The summed E-state index contributed by atoms with van der Waals surface area (Å²) in [6.07, 6.45) is 93.6. The van der Waals surface area contributed by atoms with Gasteiger partial charge in [0.05, 0.1) is 0 Å². The minimum Gasteiger partial charge on any atom is -0.462 e. The summed E-state index contributed by atoms with van der Waals surface area (Å²) in [5, 5.41) is 0. The monoisotopic (exact) mass is 1110 g/mol. The Morgan fingerprint density at radius 1 is 0.263 bits per heavy atom. The van der Waals surface area contributed by atoms with E-state index < -0.39 is 6.10 Å². The molecule has 1 unspecified atom stereocenters. The molecule has 0 saturated carbocycles. The number of carbonyl (C=O) groups is 3. The van der Waals surface area contributed by atoms with Gasteiger partial charge in [-0.05, 0) is 128 Å². The third-order valence-electron chi connectivity index (χ3n) is 14.2. The first-order chi connectivity index (χ1) is 39.5. The summed E-state index contributed by atoms with van der Waals surface area (Å²) in [5.74, 6) is -0.911. The average Bonchev–Trinajstić information content (AvgIpc) is 3.46. The lowest BCUT2D eigenvalue weighted by Gasteiger charge is -2.18. The van der Waals surface area contributed by atoms with Crippen molar-refractivity contribution in [3.05, 3.63) is 122 Å². The highest BCUT2D eigenvalue weighted by Crippen LogP contribution is 2.16. The number of allylic oxidation sites excluding steroid dienone is 20. The lowest BCUT2D eigenvalue weighted by Crippen LogP contribution is -2.30. The van der Waals surface area contributed by atoms with Crippen LogP contribution in [0.1, 0.15) is 310 Å². The summed E-state index contributed by atoms with van der Waals surface area (Å²) < 4.78 is 16.9. The molecule has 80 heavy (non-hydrogen) atoms. The van der Waals surface area contributed by atoms with Gasteiger partial charge < -0.3 is 14.2 Å². The minimum atomic E-state index is -0.794. The van der Waals surface area contributed by atoms with Gasteiger partial charge in [0.2, 0.25) is 0 Å². The topological polar surface area (TPSA) is 78.9 Å². The quantitative estimate of drug-likeness (QED) is 0.0261. The molecule has 456 valence electrons. The van der Waals surface area contributed by atoms with Gasteiger partial charge in [-0.15, -0.1) is 0 Å². The van der Waals surface area contributed by atoms with E-state index in [1.807, 2.05) is 0 Å². The molecule has 0 aliphatic heterocycles. The summed E-state index contributed by atoms with van der Waals surface area (Å²) in [7, 11) is 0. The minimum absolute atomic E-state index is 0.0886. The van der Waals surface area contributed by atoms with Gasteiger partial charge >= 0.3 is 17.9 Å². The van der Waals surface area contributed by atoms with Crippen molar-refractivity contribution in [2.24, 2.45) is 0 Å². The highest BCUT2D eigenvalue weighted by atomic mass is 16.6. The van der Waals surface area contributed by atoms with Crippen LogP contribution < -0.4 is 0 Å². The molecule has 0 radical (unpaired) electrons. The Balaban J connectivity index is 4.22. The van der Waals surface area contributed by atoms with Crippen molar-refractivity contribution in [2.75, 3.05) is 13.2 Å². The maximum atomic E-state index is 12.9. The fraction of sp³-hybridized carbons (Fsp3) is 0.689. The second-order valence-electron chi connectivity index (χ2n) is 22.0. The Morgan fingerprint density at radius 3 is 0.812 bits per heavy atom. The number of esters is 3. The third-order valence-corrected chi connectivity index (χ3v) is 14.2. The molecule has 0 aromatic carbocycles. The molecule has 0 aliphatic rings. The predicted octanol–water partition coefficient (Wildman–Crippen LogP) is 23.2. The smallest absolute Gasteiger partial charge is 0.306 e. The van der Waals surface area contributed by atoms with Crippen LogP contribution in [0.5, 0.6) is 0 Å². The van der Waals surface area contributed by atoms with Crippen molar-refractivity contribution < 1.29 is 28.6 Å². The van der Waals surface area contributed by atoms with Crippen molar-refractivity contribution in [3.63, 3.8) is 0 Å². The maximum absolute atomic E-state index is 12.9. The predicted molar refractivity (Wildman–Crippen MR) is 348 cm³/mol. The van der Waals surface area contributed by atoms with E-state index in [0.717, 1.165) is 154 Å². The Hall–Kier alpha value is -4.19. The summed E-state index contributed by atoms with van der Waals surface area (Å²) >= 11 is 0. The molecule has 0 aromatic heterocycles. The Morgan fingerprint density at radius 2 is 0.512 bits per heavy atom. The van der Waals surface area contributed by atoms with Crippen LogP contribution in [0.25, 0.3) is 0 Å². The number of carbonyl (C=O) groups excluding carboxylic acids is 3. The maximum Gasteiger partial charge on any atom is 0.306 e. The van der Waals surface area contributed by atoms with Gasteiger partial charge in [-0.3, -0.25) is 14.4 Å². The van der Waals surface area contributed by atoms with Gasteiger partial charge in [-0.2, -0.15) is 0 Å². The number of ether oxygens (including phenoxy) is 3. The first-order valence-corrected chi connectivity index (χ1v) is 33.5. The molecule has 0 aromatic rings. The number of hydrogen-bond donors (Lipinski definition) is 0. The molecular formula is C74H124O6. The van der Waals surface area contributed by atoms with E-state index in [2.05, 4.69) is 142 Å². The molecule has 6 heteroatoms. The van der Waals surface area contributed by atoms with Crippen LogP contribution in [0, 0.1) is 0 Å². The van der Waals surface area contributed by atoms with E-state index in [0.29, 0.717) is 19.3 Å². The number of unbranched alkanes of at least 4 members (excludes halogenated alkanes) is 29. The molecule has 0 N–H and O–H groups in total. The fourth-order valence-corrected chi connectivity index (χ4v) is 9.16. The summed E-state index contributed by atoms with van der Waals surface area (Å²) in [6, 6.07) is 0. The molecule has 1 atom stereocenters. The SMILES string of the molecule is CC/C=C\C/C=C\C/C=C\C/C=C\C/C=C\C/C=C\CCCCCCCCCCCCCCCCC(=O)OCC(COC(=O)CCCCCCC/C=C\C/C=C\CCC)OC(=O)CCCCCCC/C=C\C/C=C\CCCCCC. The fourth-order valence-electron chi connectivity index (χ4n) is 9.16. The second kappa shape index (κ2) is 67.3. The van der Waals surface area contributed by atoms with E-state index in [1.165, 1.54) is 116 Å². The molecule has 0 bridgehead atoms. The molecule has 0 saturated heterocycles. The lowest BCUT2D eigenvalue weighted by molar-refractivity contribution is -0.167. The van der Waals surface area contributed by atoms with Crippen LogP contribution in [0.15, 0.2) is 122 Å². The first-order valence-electron chi connectivity index (χ1n) is 33.5. The van der Waals surface area contributed by atoms with E-state index in [9.17, 15) is 14.4 Å². The molecule has 6 nitrogen and oxygen atoms in total. The Bertz CT molecular complexity index is 1650. The van der Waals surface area contributed by atoms with Crippen LogP contribution in [-0.2, 0) is 28.6 Å². The average molecular weight is 1110 g/mol. The summed E-state index contributed by atoms with van der Waals surface area (Å²) in [5.41, 5.74) is 0. The molecule has 0 amide bonds. The van der Waals surface area contributed by atoms with Crippen molar-refractivity contribution in [1.29, 1.82) is 0 Å². The molecule has 0 aliphatic carbocycles. The highest BCUT2D eigenvalue weighted by Gasteiger charge is 2.19. The van der Waals surface area contributed by atoms with Crippen LogP contribution >= 0.6 is 0 Å². The van der Waals surface area contributed by atoms with Crippen molar-refractivity contribution in [1.82, 2.24) is 0 Å². The zero-order chi connectivity index (χ0) is 57.8. The van der Waals surface area contributed by atoms with Gasteiger partial charge in [0, 0.05) is 19.3 Å². The van der Waals surface area contributed by atoms with Gasteiger partial charge in [0.15, 0.2) is 6.10 Å². The van der Waals surface area contributed by atoms with E-state index in [4.69, 9.17) is 14.2 Å². The van der Waals surface area contributed by atoms with Gasteiger partial charge in [0.25, 0.3) is 0 Å². The van der Waals surface area contributed by atoms with Crippen molar-refractivity contribution in [2.45, 2.75) is 316 Å². The molecular weight excluding hydrogens is 985 g/mol. The van der Waals surface area contributed by atoms with Crippen LogP contribution in [-0.4, -0.2) is 37.2 Å². The largest absolute Gasteiger partial charge is 0.462 e. The molecule has 0 heterocycles. The van der Waals surface area contributed by atoms with E-state index in [1.54, 1.807) is 0 Å². The van der Waals surface area contributed by atoms with E-state index >= 15 is 0 Å². The van der Waals surface area contributed by atoms with Crippen molar-refractivity contribution in [3.8, 4) is 0 Å². The third kappa shape index (κ3) is 64.6. The Labute approximate surface area is 494 Å². The molecule has 0 spiro atoms. The number of hydrogen-bond acceptors (Lipinski definition) is 6. The normalized spacial score (nSPS) is 12.9. The molecule has 0 rings (SSSR count). The standard InChI is InChI=1S/C74H124O6/c1-4-7-10-13-16-19-22-25-27-29-30-31-32-33-34-35-36-37-38-39-40-41-42-43-44-45-47-49-52-55-58-61-64-67-73(76)79-70-71(69-78-72(75)66-63-60-57-54-51-48-24-21-18-15-12-9-6-3)80-74(77)68-65-62-59-56-53-50-46-28-26-23-20-17-14-11-8-5-2/h7,10,12,15-16,19-21,23-25,27-28,30-31,33-34,36-37,46,71H,4-6,8-9,11,13-14,17-18,22,26,29,32,35,38-45,47-70H2,1-3H3/b10-7-,15-12-,19-16-,23-20-,24-21-,27-25-,31-30-,34-33-,37-36-,46-28-. The second-order valence-corrected chi connectivity index (χ2v) is 22.0. The van der Waals surface area contributed by atoms with Gasteiger partial charge in [-0.25, -0.2) is 0 Å². The van der Waals surface area contributed by atoms with Crippen LogP contribution in [0.2, 0.25) is 0 Å². The van der Waals surface area contributed by atoms with Gasteiger partial charge in [0.1, 0.15) is 13.2 Å². The highest BCUT2D eigenvalue weighted by molar-refractivity contribution is 5.71. The Kier molecular flexibility index (Phi) is 63.8. The van der Waals surface area contributed by atoms with Gasteiger partial charge in [-0.1, -0.05) is 284 Å². The summed E-state index contributed by atoms with van der Waals surface area (Å²) in [6.45, 7) is 6.44. The zero-order valence-corrected chi connectivity index (χ0v) is 52.3.